The van der Waals surface area contributed by atoms with Gasteiger partial charge < -0.3 is 15.2 Å². The third-order valence-electron chi connectivity index (χ3n) is 4.43. The summed E-state index contributed by atoms with van der Waals surface area (Å²) in [5.74, 6) is 0.0497. The number of methoxy groups -OCH3 is 1. The molecule has 6 nitrogen and oxygen atoms in total. The number of ether oxygens (including phenoxy) is 1. The van der Waals surface area contributed by atoms with E-state index < -0.39 is 6.23 Å². The Balaban J connectivity index is 1.66. The number of nitrogens with zero attached hydrogens (tertiary/aromatic N) is 2. The minimum Gasteiger partial charge on any atom is -0.494 e. The molecule has 0 aliphatic heterocycles. The summed E-state index contributed by atoms with van der Waals surface area (Å²) in [4.78, 5) is 0.811. The molecule has 0 saturated heterocycles. The van der Waals surface area contributed by atoms with Crippen molar-refractivity contribution in [2.45, 2.75) is 6.23 Å². The Bertz CT molecular complexity index is 1120. The molecule has 2 aromatic carbocycles. The maximum absolute atomic E-state index is 14.2. The molecule has 4 rings (SSSR count). The summed E-state index contributed by atoms with van der Waals surface area (Å²) in [6, 6.07) is 12.3. The fourth-order valence-corrected chi connectivity index (χ4v) is 3.86. The van der Waals surface area contributed by atoms with E-state index >= 15 is 0 Å². The third kappa shape index (κ3) is 3.33. The summed E-state index contributed by atoms with van der Waals surface area (Å²) >= 11 is 1.46. The Morgan fingerprint density at radius 2 is 2.11 bits per heavy atom. The Labute approximate surface area is 165 Å². The number of para-hydroxylation sites is 1. The number of aromatic nitrogens is 2. The average Bonchev–Trinajstić information content (AvgIpc) is 3.35. The van der Waals surface area contributed by atoms with E-state index in [-0.39, 0.29) is 5.82 Å². The molecule has 2 heterocycles. The van der Waals surface area contributed by atoms with Crippen LogP contribution in [-0.4, -0.2) is 29.0 Å². The van der Waals surface area contributed by atoms with Gasteiger partial charge in [0.05, 0.1) is 24.5 Å². The van der Waals surface area contributed by atoms with Crippen molar-refractivity contribution in [2.24, 2.45) is 0 Å². The highest BCUT2D eigenvalue weighted by Crippen LogP contribution is 2.32. The van der Waals surface area contributed by atoms with Crippen LogP contribution in [0.4, 0.5) is 15.8 Å². The second-order valence-corrected chi connectivity index (χ2v) is 7.11. The van der Waals surface area contributed by atoms with E-state index in [0.717, 1.165) is 27.2 Å². The molecule has 3 N–H and O–H groups in total. The summed E-state index contributed by atoms with van der Waals surface area (Å²) in [6.07, 6.45) is 1.05. The van der Waals surface area contributed by atoms with Crippen LogP contribution in [0.3, 0.4) is 0 Å². The number of anilines is 2. The summed E-state index contributed by atoms with van der Waals surface area (Å²) in [5.41, 5.74) is 2.81. The summed E-state index contributed by atoms with van der Waals surface area (Å²) in [7, 11) is 3.21. The van der Waals surface area contributed by atoms with E-state index in [1.165, 1.54) is 24.5 Å². The van der Waals surface area contributed by atoms with E-state index in [1.807, 2.05) is 34.3 Å². The number of aliphatic hydroxyl groups is 1. The van der Waals surface area contributed by atoms with Gasteiger partial charge in [0.25, 0.3) is 0 Å². The molecule has 0 bridgehead atoms. The SMILES string of the molecule is CNC(O)c1cc(-n2ncc3cc(Nc4c(F)cccc4OC)ccc32)cs1. The van der Waals surface area contributed by atoms with Crippen molar-refractivity contribution in [3.8, 4) is 11.4 Å². The standard InChI is InChI=1S/C20H19FN4O2S/c1-22-20(26)18-9-14(11-28-18)25-16-7-6-13(8-12(16)10-23-25)24-19-15(21)4-3-5-17(19)27-2/h3-11,20,22,24,26H,1-2H3. The minimum absolute atomic E-state index is 0.292. The number of halogens is 1. The minimum atomic E-state index is -0.702. The first-order valence-electron chi connectivity index (χ1n) is 8.62. The van der Waals surface area contributed by atoms with Gasteiger partial charge in [-0.1, -0.05) is 6.07 Å². The van der Waals surface area contributed by atoms with Gasteiger partial charge in [-0.15, -0.1) is 11.3 Å². The smallest absolute Gasteiger partial charge is 0.150 e. The fourth-order valence-electron chi connectivity index (χ4n) is 3.00. The van der Waals surface area contributed by atoms with Gasteiger partial charge in [-0.25, -0.2) is 9.07 Å². The van der Waals surface area contributed by atoms with E-state index in [9.17, 15) is 9.50 Å². The number of aliphatic hydroxyl groups excluding tert-OH is 1. The van der Waals surface area contributed by atoms with Crippen molar-refractivity contribution in [1.29, 1.82) is 0 Å². The van der Waals surface area contributed by atoms with Crippen LogP contribution in [0.2, 0.25) is 0 Å². The van der Waals surface area contributed by atoms with Gasteiger partial charge in [-0.3, -0.25) is 5.32 Å². The van der Waals surface area contributed by atoms with Gasteiger partial charge in [0.1, 0.15) is 23.5 Å². The molecule has 0 saturated carbocycles. The van der Waals surface area contributed by atoms with Crippen LogP contribution in [0, 0.1) is 5.82 Å². The molecular formula is C20H19FN4O2S. The number of rotatable bonds is 6. The van der Waals surface area contributed by atoms with Gasteiger partial charge >= 0.3 is 0 Å². The van der Waals surface area contributed by atoms with E-state index in [4.69, 9.17) is 4.74 Å². The molecule has 1 unspecified atom stereocenters. The highest BCUT2D eigenvalue weighted by molar-refractivity contribution is 7.10. The highest BCUT2D eigenvalue weighted by atomic mass is 32.1. The molecule has 0 amide bonds. The molecule has 0 radical (unpaired) electrons. The molecule has 0 aliphatic rings. The molecule has 28 heavy (non-hydrogen) atoms. The number of hydrogen-bond donors (Lipinski definition) is 3. The molecule has 1 atom stereocenters. The summed E-state index contributed by atoms with van der Waals surface area (Å²) in [5, 5.41) is 23.1. The van der Waals surface area contributed by atoms with Crippen molar-refractivity contribution in [3.63, 3.8) is 0 Å². The summed E-state index contributed by atoms with van der Waals surface area (Å²) in [6.45, 7) is 0. The number of benzene rings is 2. The molecule has 8 heteroatoms. The lowest BCUT2D eigenvalue weighted by Crippen LogP contribution is -2.13. The fraction of sp³-hybridized carbons (Fsp3) is 0.150. The Morgan fingerprint density at radius 1 is 1.25 bits per heavy atom. The molecular weight excluding hydrogens is 379 g/mol. The largest absolute Gasteiger partial charge is 0.494 e. The van der Waals surface area contributed by atoms with Gasteiger partial charge in [0.2, 0.25) is 0 Å². The molecule has 2 aromatic heterocycles. The van der Waals surface area contributed by atoms with Crippen molar-refractivity contribution >= 4 is 33.6 Å². The first-order chi connectivity index (χ1) is 13.6. The molecule has 0 spiro atoms. The number of thiophene rings is 1. The Kier molecular flexibility index (Phi) is 4.99. The lowest BCUT2D eigenvalue weighted by molar-refractivity contribution is 0.153. The normalized spacial score (nSPS) is 12.3. The third-order valence-corrected chi connectivity index (χ3v) is 5.40. The van der Waals surface area contributed by atoms with Crippen LogP contribution < -0.4 is 15.4 Å². The van der Waals surface area contributed by atoms with Crippen molar-refractivity contribution in [3.05, 3.63) is 64.7 Å². The summed E-state index contributed by atoms with van der Waals surface area (Å²) < 4.78 is 21.2. The Morgan fingerprint density at radius 3 is 2.89 bits per heavy atom. The average molecular weight is 398 g/mol. The van der Waals surface area contributed by atoms with Crippen LogP contribution in [0.15, 0.2) is 54.0 Å². The van der Waals surface area contributed by atoms with Gasteiger partial charge in [-0.05, 0) is 43.4 Å². The maximum atomic E-state index is 14.2. The highest BCUT2D eigenvalue weighted by Gasteiger charge is 2.13. The zero-order valence-corrected chi connectivity index (χ0v) is 16.1. The maximum Gasteiger partial charge on any atom is 0.150 e. The van der Waals surface area contributed by atoms with Crippen LogP contribution in [0.1, 0.15) is 11.1 Å². The van der Waals surface area contributed by atoms with Crippen LogP contribution in [0.25, 0.3) is 16.6 Å². The number of fused-ring (bicyclic) bond motifs is 1. The van der Waals surface area contributed by atoms with E-state index in [0.29, 0.717) is 11.4 Å². The predicted molar refractivity (Wildman–Crippen MR) is 109 cm³/mol. The number of hydrogen-bond acceptors (Lipinski definition) is 6. The van der Waals surface area contributed by atoms with Gasteiger partial charge in [-0.2, -0.15) is 5.10 Å². The molecule has 0 fully saturated rings. The van der Waals surface area contributed by atoms with E-state index in [2.05, 4.69) is 15.7 Å². The number of nitrogens with one attached hydrogen (secondary N) is 2. The molecule has 4 aromatic rings. The van der Waals surface area contributed by atoms with Crippen LogP contribution >= 0.6 is 11.3 Å². The lowest BCUT2D eigenvalue weighted by atomic mass is 10.2. The lowest BCUT2D eigenvalue weighted by Gasteiger charge is -2.12. The van der Waals surface area contributed by atoms with Crippen LogP contribution in [-0.2, 0) is 0 Å². The Hall–Kier alpha value is -2.94. The molecule has 0 aliphatic carbocycles. The van der Waals surface area contributed by atoms with Crippen molar-refractivity contribution in [1.82, 2.24) is 15.1 Å². The second kappa shape index (κ2) is 7.59. The van der Waals surface area contributed by atoms with Crippen molar-refractivity contribution in [2.75, 3.05) is 19.5 Å². The van der Waals surface area contributed by atoms with Crippen LogP contribution in [0.5, 0.6) is 5.75 Å². The van der Waals surface area contributed by atoms with E-state index in [1.54, 1.807) is 25.4 Å². The monoisotopic (exact) mass is 398 g/mol. The zero-order valence-electron chi connectivity index (χ0n) is 15.3. The predicted octanol–water partition coefficient (Wildman–Crippen LogP) is 4.19. The first kappa shape index (κ1) is 18.4. The van der Waals surface area contributed by atoms with Crippen molar-refractivity contribution < 1.29 is 14.2 Å². The topological polar surface area (TPSA) is 71.3 Å². The second-order valence-electron chi connectivity index (χ2n) is 6.17. The van der Waals surface area contributed by atoms with Gasteiger partial charge in [0.15, 0.2) is 0 Å². The zero-order chi connectivity index (χ0) is 19.7. The van der Waals surface area contributed by atoms with Gasteiger partial charge in [0, 0.05) is 21.3 Å². The molecule has 144 valence electrons. The first-order valence-corrected chi connectivity index (χ1v) is 9.50. The quantitative estimate of drug-likeness (QED) is 0.425.